The van der Waals surface area contributed by atoms with Gasteiger partial charge in [-0.25, -0.2) is 13.1 Å². The molecule has 0 bridgehead atoms. The van der Waals surface area contributed by atoms with Gasteiger partial charge in [-0.3, -0.25) is 14.8 Å². The van der Waals surface area contributed by atoms with Gasteiger partial charge in [0, 0.05) is 18.0 Å². The van der Waals surface area contributed by atoms with Crippen LogP contribution in [0.1, 0.15) is 5.69 Å². The molecular weight excluding hydrogens is 372 g/mol. The molecule has 0 aliphatic heterocycles. The van der Waals surface area contributed by atoms with E-state index in [1.165, 1.54) is 49.2 Å². The zero-order valence-electron chi connectivity index (χ0n) is 14.0. The standard InChI is InChI=1S/C17H16N4O5S/c18-16(22)11-26-13-1-3-14(4-2-13)27(23,24)21-9-15-17(20-7-6-19-15)12-5-8-25-10-12/h1-8,10,21H,9,11H2,(H2,18,22). The highest BCUT2D eigenvalue weighted by Crippen LogP contribution is 2.21. The molecule has 2 heterocycles. The van der Waals surface area contributed by atoms with Gasteiger partial charge in [-0.2, -0.15) is 0 Å². The zero-order chi connectivity index (χ0) is 19.3. The average Bonchev–Trinajstić information content (AvgIpc) is 3.20. The van der Waals surface area contributed by atoms with Crippen molar-refractivity contribution in [3.8, 4) is 17.0 Å². The Morgan fingerprint density at radius 2 is 1.89 bits per heavy atom. The lowest BCUT2D eigenvalue weighted by molar-refractivity contribution is -0.119. The number of ether oxygens (including phenoxy) is 1. The van der Waals surface area contributed by atoms with E-state index in [0.29, 0.717) is 22.7 Å². The van der Waals surface area contributed by atoms with Crippen LogP contribution in [0.4, 0.5) is 0 Å². The monoisotopic (exact) mass is 388 g/mol. The van der Waals surface area contributed by atoms with Crippen molar-refractivity contribution in [1.82, 2.24) is 14.7 Å². The molecule has 0 aliphatic carbocycles. The molecule has 0 atom stereocenters. The summed E-state index contributed by atoms with van der Waals surface area (Å²) in [6, 6.07) is 7.33. The Morgan fingerprint density at radius 1 is 1.15 bits per heavy atom. The van der Waals surface area contributed by atoms with Crippen molar-refractivity contribution in [3.63, 3.8) is 0 Å². The van der Waals surface area contributed by atoms with E-state index in [0.717, 1.165) is 0 Å². The Hall–Kier alpha value is -3.24. The van der Waals surface area contributed by atoms with Crippen LogP contribution in [0.3, 0.4) is 0 Å². The minimum absolute atomic E-state index is 0.0441. The smallest absolute Gasteiger partial charge is 0.255 e. The maximum atomic E-state index is 12.5. The average molecular weight is 388 g/mol. The molecule has 3 rings (SSSR count). The van der Waals surface area contributed by atoms with Gasteiger partial charge in [-0.05, 0) is 30.3 Å². The third kappa shape index (κ3) is 4.68. The Bertz CT molecular complexity index is 1020. The number of hydrogen-bond acceptors (Lipinski definition) is 7. The van der Waals surface area contributed by atoms with Crippen LogP contribution in [-0.4, -0.2) is 30.9 Å². The molecule has 0 unspecified atom stereocenters. The minimum Gasteiger partial charge on any atom is -0.484 e. The number of carbonyl (C=O) groups excluding carboxylic acids is 1. The molecule has 3 aromatic rings. The van der Waals surface area contributed by atoms with E-state index in [9.17, 15) is 13.2 Å². The molecular formula is C17H16N4O5S. The second kappa shape index (κ2) is 7.98. The first-order valence-corrected chi connectivity index (χ1v) is 9.27. The topological polar surface area (TPSA) is 137 Å². The number of carbonyl (C=O) groups is 1. The van der Waals surface area contributed by atoms with Gasteiger partial charge in [0.25, 0.3) is 5.91 Å². The molecule has 1 amide bonds. The van der Waals surface area contributed by atoms with Gasteiger partial charge < -0.3 is 14.9 Å². The first-order valence-electron chi connectivity index (χ1n) is 7.79. The van der Waals surface area contributed by atoms with Crippen molar-refractivity contribution in [2.45, 2.75) is 11.4 Å². The van der Waals surface area contributed by atoms with Gasteiger partial charge in [-0.1, -0.05) is 0 Å². The number of hydrogen-bond donors (Lipinski definition) is 2. The maximum absolute atomic E-state index is 12.5. The summed E-state index contributed by atoms with van der Waals surface area (Å²) in [6.45, 7) is -0.329. The molecule has 0 saturated carbocycles. The molecule has 10 heteroatoms. The highest BCUT2D eigenvalue weighted by Gasteiger charge is 2.16. The number of primary amides is 1. The molecule has 0 radical (unpaired) electrons. The van der Waals surface area contributed by atoms with Crippen LogP contribution in [0.15, 0.2) is 64.6 Å². The molecule has 1 aromatic carbocycles. The summed E-state index contributed by atoms with van der Waals surface area (Å²) in [4.78, 5) is 19.2. The van der Waals surface area contributed by atoms with E-state index in [4.69, 9.17) is 14.9 Å². The number of amides is 1. The molecule has 0 saturated heterocycles. The van der Waals surface area contributed by atoms with Gasteiger partial charge in [0.15, 0.2) is 6.61 Å². The van der Waals surface area contributed by atoms with Gasteiger partial charge in [-0.15, -0.1) is 0 Å². The lowest BCUT2D eigenvalue weighted by Crippen LogP contribution is -2.24. The summed E-state index contributed by atoms with van der Waals surface area (Å²) in [6.07, 6.45) is 6.01. The van der Waals surface area contributed by atoms with E-state index in [1.54, 1.807) is 6.07 Å². The Balaban J connectivity index is 1.72. The summed E-state index contributed by atoms with van der Waals surface area (Å²) >= 11 is 0. The van der Waals surface area contributed by atoms with Gasteiger partial charge >= 0.3 is 0 Å². The van der Waals surface area contributed by atoms with Crippen LogP contribution in [0.2, 0.25) is 0 Å². The Labute approximate surface area is 155 Å². The van der Waals surface area contributed by atoms with Gasteiger partial charge in [0.1, 0.15) is 5.75 Å². The first kappa shape index (κ1) is 18.5. The lowest BCUT2D eigenvalue weighted by atomic mass is 10.2. The van der Waals surface area contributed by atoms with E-state index in [-0.39, 0.29) is 18.0 Å². The number of nitrogens with two attached hydrogens (primary N) is 1. The number of rotatable bonds is 8. The van der Waals surface area contributed by atoms with Gasteiger partial charge in [0.2, 0.25) is 10.0 Å². The van der Waals surface area contributed by atoms with Crippen LogP contribution in [0, 0.1) is 0 Å². The summed E-state index contributed by atoms with van der Waals surface area (Å²) in [7, 11) is -3.78. The summed E-state index contributed by atoms with van der Waals surface area (Å²) < 4.78 is 37.6. The van der Waals surface area contributed by atoms with Crippen LogP contribution in [0.25, 0.3) is 11.3 Å². The number of nitrogens with one attached hydrogen (secondary N) is 1. The number of furan rings is 1. The molecule has 27 heavy (non-hydrogen) atoms. The first-order chi connectivity index (χ1) is 13.0. The fourth-order valence-corrected chi connectivity index (χ4v) is 3.24. The molecule has 9 nitrogen and oxygen atoms in total. The molecule has 140 valence electrons. The van der Waals surface area contributed by atoms with E-state index >= 15 is 0 Å². The van der Waals surface area contributed by atoms with Crippen molar-refractivity contribution < 1.29 is 22.4 Å². The van der Waals surface area contributed by atoms with E-state index in [1.807, 2.05) is 0 Å². The van der Waals surface area contributed by atoms with Crippen LogP contribution in [-0.2, 0) is 21.4 Å². The lowest BCUT2D eigenvalue weighted by Gasteiger charge is -2.09. The molecule has 0 spiro atoms. The Kier molecular flexibility index (Phi) is 5.48. The minimum atomic E-state index is -3.78. The predicted octanol–water partition coefficient (Wildman–Crippen LogP) is 1.08. The van der Waals surface area contributed by atoms with Gasteiger partial charge in [0.05, 0.1) is 35.4 Å². The van der Waals surface area contributed by atoms with Crippen molar-refractivity contribution >= 4 is 15.9 Å². The predicted molar refractivity (Wildman–Crippen MR) is 94.9 cm³/mol. The fourth-order valence-electron chi connectivity index (χ4n) is 2.25. The molecule has 3 N–H and O–H groups in total. The largest absolute Gasteiger partial charge is 0.484 e. The van der Waals surface area contributed by atoms with Crippen molar-refractivity contribution in [2.75, 3.05) is 6.61 Å². The number of benzene rings is 1. The SMILES string of the molecule is NC(=O)COc1ccc(S(=O)(=O)NCc2nccnc2-c2ccoc2)cc1. The van der Waals surface area contributed by atoms with Crippen LogP contribution in [0.5, 0.6) is 5.75 Å². The molecule has 0 fully saturated rings. The highest BCUT2D eigenvalue weighted by molar-refractivity contribution is 7.89. The number of sulfonamides is 1. The maximum Gasteiger partial charge on any atom is 0.255 e. The quantitative estimate of drug-likeness (QED) is 0.589. The Morgan fingerprint density at radius 3 is 2.56 bits per heavy atom. The normalized spacial score (nSPS) is 11.3. The zero-order valence-corrected chi connectivity index (χ0v) is 14.8. The third-order valence-electron chi connectivity index (χ3n) is 3.51. The van der Waals surface area contributed by atoms with Crippen molar-refractivity contribution in [1.29, 1.82) is 0 Å². The van der Waals surface area contributed by atoms with Crippen molar-refractivity contribution in [3.05, 3.63) is 60.9 Å². The van der Waals surface area contributed by atoms with Crippen molar-refractivity contribution in [2.24, 2.45) is 5.73 Å². The van der Waals surface area contributed by atoms with E-state index < -0.39 is 15.9 Å². The second-order valence-electron chi connectivity index (χ2n) is 5.41. The van der Waals surface area contributed by atoms with E-state index in [2.05, 4.69) is 14.7 Å². The molecule has 0 aliphatic rings. The summed E-state index contributed by atoms with van der Waals surface area (Å²) in [5.74, 6) is -0.283. The number of nitrogens with zero attached hydrogens (tertiary/aromatic N) is 2. The number of aromatic nitrogens is 2. The summed E-state index contributed by atoms with van der Waals surface area (Å²) in [5, 5.41) is 0. The fraction of sp³-hybridized carbons (Fsp3) is 0.118. The van der Waals surface area contributed by atoms with Crippen LogP contribution >= 0.6 is 0 Å². The molecule has 2 aromatic heterocycles. The van der Waals surface area contributed by atoms with Crippen LogP contribution < -0.4 is 15.2 Å². The third-order valence-corrected chi connectivity index (χ3v) is 4.93. The summed E-state index contributed by atoms with van der Waals surface area (Å²) in [5.41, 5.74) is 6.69. The highest BCUT2D eigenvalue weighted by atomic mass is 32.2. The second-order valence-corrected chi connectivity index (χ2v) is 7.18.